The zero-order chi connectivity index (χ0) is 24.2. The number of carbonyl (C=O) groups is 1. The topological polar surface area (TPSA) is 66.5 Å². The molecule has 3 aromatic rings. The molecule has 33 heavy (non-hydrogen) atoms. The summed E-state index contributed by atoms with van der Waals surface area (Å²) in [5.41, 5.74) is 2.48. The number of sulfonamides is 1. The largest absolute Gasteiger partial charge is 0.348 e. The van der Waals surface area contributed by atoms with Crippen molar-refractivity contribution in [1.82, 2.24) is 5.32 Å². The number of nitrogens with zero attached hydrogens (tertiary/aromatic N) is 1. The molecule has 0 spiro atoms. The number of anilines is 1. The Morgan fingerprint density at radius 2 is 1.52 bits per heavy atom. The average molecular weight is 469 g/mol. The molecule has 1 amide bonds. The number of hydrogen-bond acceptors (Lipinski definition) is 3. The van der Waals surface area contributed by atoms with E-state index in [0.717, 1.165) is 22.0 Å². The average Bonchev–Trinajstić information content (AvgIpc) is 2.77. The van der Waals surface area contributed by atoms with Gasteiger partial charge >= 0.3 is 0 Å². The molecule has 0 saturated heterocycles. The van der Waals surface area contributed by atoms with Gasteiger partial charge < -0.3 is 5.32 Å². The highest BCUT2D eigenvalue weighted by Crippen LogP contribution is 2.25. The van der Waals surface area contributed by atoms with Crippen molar-refractivity contribution in [3.05, 3.63) is 95.8 Å². The van der Waals surface area contributed by atoms with E-state index in [9.17, 15) is 17.6 Å². The maximum absolute atomic E-state index is 13.3. The van der Waals surface area contributed by atoms with Gasteiger partial charge in [0.05, 0.1) is 16.6 Å². The molecule has 5 nitrogen and oxygen atoms in total. The highest BCUT2D eigenvalue weighted by atomic mass is 32.2. The summed E-state index contributed by atoms with van der Waals surface area (Å²) in [5, 5.41) is 2.88. The summed E-state index contributed by atoms with van der Waals surface area (Å²) >= 11 is 0. The van der Waals surface area contributed by atoms with Gasteiger partial charge in [0.2, 0.25) is 5.91 Å². The number of benzene rings is 3. The summed E-state index contributed by atoms with van der Waals surface area (Å²) in [5.74, 6) is -0.985. The summed E-state index contributed by atoms with van der Waals surface area (Å²) in [7, 11) is -4.08. The molecule has 3 aromatic carbocycles. The number of hydrogen-bond donors (Lipinski definition) is 1. The van der Waals surface area contributed by atoms with Crippen molar-refractivity contribution in [2.45, 2.75) is 44.0 Å². The molecule has 3 rings (SSSR count). The molecular weight excluding hydrogens is 439 g/mol. The van der Waals surface area contributed by atoms with Crippen LogP contribution in [-0.2, 0) is 20.2 Å². The van der Waals surface area contributed by atoms with E-state index in [2.05, 4.69) is 26.1 Å². The normalized spacial score (nSPS) is 12.8. The summed E-state index contributed by atoms with van der Waals surface area (Å²) in [6, 6.07) is 20.6. The zero-order valence-electron chi connectivity index (χ0n) is 19.2. The number of para-hydroxylation sites is 1. The Morgan fingerprint density at radius 3 is 2.06 bits per heavy atom. The van der Waals surface area contributed by atoms with E-state index in [1.165, 1.54) is 17.7 Å². The van der Waals surface area contributed by atoms with Crippen LogP contribution in [0.3, 0.4) is 0 Å². The van der Waals surface area contributed by atoms with Crippen LogP contribution in [0.1, 0.15) is 44.9 Å². The Hall–Kier alpha value is -3.19. The minimum atomic E-state index is -4.08. The first kappa shape index (κ1) is 24.5. The standard InChI is InChI=1S/C26H29FN2O3S/c1-19(20-10-12-21(13-11-20)26(2,3)4)28-25(30)18-29(23-8-6-5-7-9-23)33(31,32)24-16-14-22(27)15-17-24/h5-17,19H,18H2,1-4H3,(H,28,30)/t19-/m0/s1. The van der Waals surface area contributed by atoms with Crippen LogP contribution in [0, 0.1) is 5.82 Å². The minimum Gasteiger partial charge on any atom is -0.348 e. The fourth-order valence-corrected chi connectivity index (χ4v) is 4.84. The maximum Gasteiger partial charge on any atom is 0.264 e. The van der Waals surface area contributed by atoms with Crippen molar-refractivity contribution < 1.29 is 17.6 Å². The van der Waals surface area contributed by atoms with Gasteiger partial charge in [-0.15, -0.1) is 0 Å². The Balaban J connectivity index is 1.81. The second-order valence-electron chi connectivity index (χ2n) is 8.96. The summed E-state index contributed by atoms with van der Waals surface area (Å²) in [6.07, 6.45) is 0. The Kier molecular flexibility index (Phi) is 7.22. The molecule has 0 saturated carbocycles. The van der Waals surface area contributed by atoms with Crippen molar-refractivity contribution >= 4 is 21.6 Å². The fraction of sp³-hybridized carbons (Fsp3) is 0.269. The lowest BCUT2D eigenvalue weighted by Gasteiger charge is -2.25. The third-order valence-corrected chi connectivity index (χ3v) is 7.18. The Bertz CT molecular complexity index is 1190. The van der Waals surface area contributed by atoms with E-state index in [1.54, 1.807) is 30.3 Å². The summed E-state index contributed by atoms with van der Waals surface area (Å²) in [4.78, 5) is 12.8. The number of halogens is 1. The molecule has 1 N–H and O–H groups in total. The van der Waals surface area contributed by atoms with Crippen LogP contribution in [0.4, 0.5) is 10.1 Å². The predicted molar refractivity (Wildman–Crippen MR) is 129 cm³/mol. The molecule has 0 fully saturated rings. The summed E-state index contributed by atoms with van der Waals surface area (Å²) < 4.78 is 40.9. The van der Waals surface area contributed by atoms with Gasteiger partial charge in [0.25, 0.3) is 10.0 Å². The van der Waals surface area contributed by atoms with E-state index >= 15 is 0 Å². The van der Waals surface area contributed by atoms with Gasteiger partial charge in [-0.2, -0.15) is 0 Å². The van der Waals surface area contributed by atoms with Crippen molar-refractivity contribution in [2.75, 3.05) is 10.8 Å². The molecule has 0 unspecified atom stereocenters. The van der Waals surface area contributed by atoms with Crippen LogP contribution < -0.4 is 9.62 Å². The van der Waals surface area contributed by atoms with Crippen LogP contribution in [-0.4, -0.2) is 20.9 Å². The van der Waals surface area contributed by atoms with E-state index < -0.39 is 28.3 Å². The van der Waals surface area contributed by atoms with E-state index in [4.69, 9.17) is 0 Å². The van der Waals surface area contributed by atoms with E-state index in [1.807, 2.05) is 31.2 Å². The fourth-order valence-electron chi connectivity index (χ4n) is 3.42. The van der Waals surface area contributed by atoms with Crippen LogP contribution in [0.25, 0.3) is 0 Å². The first-order chi connectivity index (χ1) is 15.5. The molecule has 0 aliphatic heterocycles. The predicted octanol–water partition coefficient (Wildman–Crippen LogP) is 5.20. The highest BCUT2D eigenvalue weighted by Gasteiger charge is 2.27. The SMILES string of the molecule is C[C@H](NC(=O)CN(c1ccccc1)S(=O)(=O)c1ccc(F)cc1)c1ccc(C(C)(C)C)cc1. The molecule has 0 aliphatic rings. The van der Waals surface area contributed by atoms with Crippen LogP contribution in [0.5, 0.6) is 0 Å². The molecule has 0 heterocycles. The molecular formula is C26H29FN2O3S. The molecule has 1 atom stereocenters. The highest BCUT2D eigenvalue weighted by molar-refractivity contribution is 7.92. The van der Waals surface area contributed by atoms with Gasteiger partial charge in [0.1, 0.15) is 12.4 Å². The van der Waals surface area contributed by atoms with Gasteiger partial charge in [-0.05, 0) is 59.9 Å². The molecule has 7 heteroatoms. The number of carbonyl (C=O) groups excluding carboxylic acids is 1. The van der Waals surface area contributed by atoms with Crippen LogP contribution >= 0.6 is 0 Å². The van der Waals surface area contributed by atoms with Crippen LogP contribution in [0.15, 0.2) is 83.8 Å². The maximum atomic E-state index is 13.3. The quantitative estimate of drug-likeness (QED) is 0.519. The third kappa shape index (κ3) is 5.99. The molecule has 0 aliphatic carbocycles. The number of nitrogens with one attached hydrogen (secondary N) is 1. The lowest BCUT2D eigenvalue weighted by Crippen LogP contribution is -2.41. The number of rotatable bonds is 7. The first-order valence-corrected chi connectivity index (χ1v) is 12.2. The second kappa shape index (κ2) is 9.75. The second-order valence-corrected chi connectivity index (χ2v) is 10.8. The minimum absolute atomic E-state index is 0.0237. The van der Waals surface area contributed by atoms with Crippen molar-refractivity contribution in [3.63, 3.8) is 0 Å². The lowest BCUT2D eigenvalue weighted by atomic mass is 9.86. The number of amides is 1. The molecule has 0 aromatic heterocycles. The third-order valence-electron chi connectivity index (χ3n) is 5.39. The van der Waals surface area contributed by atoms with E-state index in [-0.39, 0.29) is 16.4 Å². The smallest absolute Gasteiger partial charge is 0.264 e. The van der Waals surface area contributed by atoms with Crippen LogP contribution in [0.2, 0.25) is 0 Å². The van der Waals surface area contributed by atoms with Gasteiger partial charge in [-0.1, -0.05) is 63.2 Å². The van der Waals surface area contributed by atoms with Gasteiger partial charge in [0.15, 0.2) is 0 Å². The molecule has 174 valence electrons. The van der Waals surface area contributed by atoms with Crippen molar-refractivity contribution in [2.24, 2.45) is 0 Å². The van der Waals surface area contributed by atoms with Gasteiger partial charge in [-0.3, -0.25) is 9.10 Å². The first-order valence-electron chi connectivity index (χ1n) is 10.7. The molecule has 0 radical (unpaired) electrons. The van der Waals surface area contributed by atoms with Crippen molar-refractivity contribution in [3.8, 4) is 0 Å². The monoisotopic (exact) mass is 468 g/mol. The van der Waals surface area contributed by atoms with E-state index in [0.29, 0.717) is 5.69 Å². The Morgan fingerprint density at radius 1 is 0.939 bits per heavy atom. The van der Waals surface area contributed by atoms with Crippen molar-refractivity contribution in [1.29, 1.82) is 0 Å². The Labute approximate surface area is 195 Å². The summed E-state index contributed by atoms with van der Waals surface area (Å²) in [6.45, 7) is 7.84. The van der Waals surface area contributed by atoms with Gasteiger partial charge in [-0.25, -0.2) is 12.8 Å². The lowest BCUT2D eigenvalue weighted by molar-refractivity contribution is -0.120. The molecule has 0 bridgehead atoms. The van der Waals surface area contributed by atoms with Gasteiger partial charge in [0, 0.05) is 0 Å². The zero-order valence-corrected chi connectivity index (χ0v) is 20.1.